The number of nitriles is 1. The zero-order valence-electron chi connectivity index (χ0n) is 9.16. The average Bonchev–Trinajstić information content (AvgIpc) is 2.30. The minimum absolute atomic E-state index is 0.552. The molecule has 0 amide bonds. The number of ether oxygens (including phenoxy) is 1. The fourth-order valence-corrected chi connectivity index (χ4v) is 1.37. The monoisotopic (exact) mass is 237 g/mol. The van der Waals surface area contributed by atoms with Gasteiger partial charge in [0.05, 0.1) is 12.2 Å². The van der Waals surface area contributed by atoms with Crippen LogP contribution in [0.5, 0.6) is 5.75 Å². The van der Waals surface area contributed by atoms with Crippen molar-refractivity contribution in [2.24, 2.45) is 0 Å². The maximum Gasteiger partial charge on any atom is 0.139 e. The van der Waals surface area contributed by atoms with E-state index < -0.39 is 0 Å². The van der Waals surface area contributed by atoms with Crippen LogP contribution in [0.25, 0.3) is 0 Å². The Kier molecular flexibility index (Phi) is 5.54. The Morgan fingerprint density at radius 3 is 2.88 bits per heavy atom. The molecule has 0 heterocycles. The van der Waals surface area contributed by atoms with Gasteiger partial charge in [-0.1, -0.05) is 12.8 Å². The molecule has 0 saturated heterocycles. The molecular weight excluding hydrogens is 222 g/mol. The van der Waals surface area contributed by atoms with Gasteiger partial charge in [0.1, 0.15) is 11.8 Å². The Morgan fingerprint density at radius 1 is 1.44 bits per heavy atom. The lowest BCUT2D eigenvalue weighted by Gasteiger charge is -2.09. The minimum Gasteiger partial charge on any atom is -0.492 e. The van der Waals surface area contributed by atoms with E-state index in [0.29, 0.717) is 17.9 Å². The van der Waals surface area contributed by atoms with Gasteiger partial charge in [-0.2, -0.15) is 5.26 Å². The number of hydrogen-bond acceptors (Lipinski definition) is 5. The van der Waals surface area contributed by atoms with Crippen LogP contribution in [0.15, 0.2) is 18.2 Å². The Labute approximate surface area is 101 Å². The number of rotatable bonds is 6. The van der Waals surface area contributed by atoms with Gasteiger partial charge in [-0.05, 0) is 19.1 Å². The van der Waals surface area contributed by atoms with E-state index in [1.54, 1.807) is 6.07 Å². The lowest BCUT2D eigenvalue weighted by molar-refractivity contribution is 0.339. The summed E-state index contributed by atoms with van der Waals surface area (Å²) in [6.07, 6.45) is 0. The van der Waals surface area contributed by atoms with Crippen LogP contribution < -0.4 is 14.8 Å². The molecule has 0 fully saturated rings. The molecule has 1 aromatic rings. The topological polar surface area (TPSA) is 57.1 Å². The van der Waals surface area contributed by atoms with E-state index in [9.17, 15) is 0 Å². The summed E-state index contributed by atoms with van der Waals surface area (Å²) < 4.78 is 8.13. The quantitative estimate of drug-likeness (QED) is 0.521. The van der Waals surface area contributed by atoms with Crippen LogP contribution in [0.1, 0.15) is 12.5 Å². The summed E-state index contributed by atoms with van der Waals surface area (Å²) in [6, 6.07) is 7.54. The van der Waals surface area contributed by atoms with Crippen LogP contribution in [-0.4, -0.2) is 19.7 Å². The Morgan fingerprint density at radius 2 is 2.25 bits per heavy atom. The smallest absolute Gasteiger partial charge is 0.139 e. The van der Waals surface area contributed by atoms with Crippen LogP contribution in [-0.2, 0) is 0 Å². The number of benzene rings is 1. The van der Waals surface area contributed by atoms with E-state index in [1.807, 2.05) is 19.1 Å². The molecule has 4 nitrogen and oxygen atoms in total. The van der Waals surface area contributed by atoms with Crippen LogP contribution >= 0.6 is 12.8 Å². The van der Waals surface area contributed by atoms with E-state index in [1.165, 1.54) is 0 Å². The summed E-state index contributed by atoms with van der Waals surface area (Å²) in [4.78, 5) is 0. The van der Waals surface area contributed by atoms with E-state index in [-0.39, 0.29) is 0 Å². The third kappa shape index (κ3) is 3.65. The summed E-state index contributed by atoms with van der Waals surface area (Å²) in [5.74, 6) is 0.619. The third-order valence-corrected chi connectivity index (χ3v) is 2.19. The highest BCUT2D eigenvalue weighted by Gasteiger charge is 2.03. The fourth-order valence-electron chi connectivity index (χ4n) is 1.26. The second kappa shape index (κ2) is 6.99. The molecule has 0 aliphatic carbocycles. The highest BCUT2D eigenvalue weighted by molar-refractivity contribution is 7.78. The standard InChI is InChI=1S/C11H15N3OS/c1-2-15-11-7-10(13-5-6-14-16)4-3-9(11)8-12/h3-4,7,13-14,16H,2,5-6H2,1H3. The average molecular weight is 237 g/mol. The maximum absolute atomic E-state index is 8.88. The number of nitrogens with one attached hydrogen (secondary N) is 2. The Balaban J connectivity index is 2.73. The fraction of sp³-hybridized carbons (Fsp3) is 0.364. The molecule has 16 heavy (non-hydrogen) atoms. The van der Waals surface area contributed by atoms with Gasteiger partial charge in [0.15, 0.2) is 0 Å². The van der Waals surface area contributed by atoms with Crippen molar-refractivity contribution in [1.82, 2.24) is 4.72 Å². The van der Waals surface area contributed by atoms with Gasteiger partial charge in [0.25, 0.3) is 0 Å². The molecule has 1 aromatic carbocycles. The normalized spacial score (nSPS) is 9.56. The van der Waals surface area contributed by atoms with Crippen molar-refractivity contribution in [3.63, 3.8) is 0 Å². The molecule has 0 unspecified atom stereocenters. The molecule has 0 saturated carbocycles. The molecule has 0 aromatic heterocycles. The largest absolute Gasteiger partial charge is 0.492 e. The molecule has 0 spiro atoms. The first-order valence-corrected chi connectivity index (χ1v) is 5.54. The second-order valence-corrected chi connectivity index (χ2v) is 3.41. The summed E-state index contributed by atoms with van der Waals surface area (Å²) in [6.45, 7) is 3.97. The molecule has 0 bridgehead atoms. The van der Waals surface area contributed by atoms with Gasteiger partial charge in [-0.25, -0.2) is 0 Å². The van der Waals surface area contributed by atoms with Gasteiger partial charge in [0.2, 0.25) is 0 Å². The van der Waals surface area contributed by atoms with Gasteiger partial charge in [-0.3, -0.25) is 4.72 Å². The van der Waals surface area contributed by atoms with E-state index in [0.717, 1.165) is 18.8 Å². The zero-order chi connectivity index (χ0) is 11.8. The molecular formula is C11H15N3OS. The molecule has 0 radical (unpaired) electrons. The predicted octanol–water partition coefficient (Wildman–Crippen LogP) is 1.80. The van der Waals surface area contributed by atoms with E-state index in [4.69, 9.17) is 10.00 Å². The van der Waals surface area contributed by atoms with E-state index in [2.05, 4.69) is 28.9 Å². The van der Waals surface area contributed by atoms with Crippen LogP contribution in [0.2, 0.25) is 0 Å². The first-order chi connectivity index (χ1) is 7.81. The SMILES string of the molecule is CCOc1cc(NCCNS)ccc1C#N. The summed E-state index contributed by atoms with van der Waals surface area (Å²) >= 11 is 3.89. The van der Waals surface area contributed by atoms with Gasteiger partial charge < -0.3 is 10.1 Å². The Hall–Kier alpha value is -1.38. The third-order valence-electron chi connectivity index (χ3n) is 1.97. The summed E-state index contributed by atoms with van der Waals surface area (Å²) in [5, 5.41) is 12.1. The van der Waals surface area contributed by atoms with Crippen molar-refractivity contribution < 1.29 is 4.74 Å². The second-order valence-electron chi connectivity index (χ2n) is 3.09. The maximum atomic E-state index is 8.88. The van der Waals surface area contributed by atoms with Crippen molar-refractivity contribution >= 4 is 18.5 Å². The van der Waals surface area contributed by atoms with Crippen LogP contribution in [0.4, 0.5) is 5.69 Å². The Bertz CT molecular complexity index is 376. The number of hydrogen-bond donors (Lipinski definition) is 3. The molecule has 5 heteroatoms. The van der Waals surface area contributed by atoms with Gasteiger partial charge in [-0.15, -0.1) is 0 Å². The van der Waals surface area contributed by atoms with Crippen LogP contribution in [0.3, 0.4) is 0 Å². The lowest BCUT2D eigenvalue weighted by Crippen LogP contribution is -2.14. The van der Waals surface area contributed by atoms with Crippen molar-refractivity contribution in [2.45, 2.75) is 6.92 Å². The lowest BCUT2D eigenvalue weighted by atomic mass is 10.2. The van der Waals surface area contributed by atoms with Crippen molar-refractivity contribution in [3.8, 4) is 11.8 Å². The predicted molar refractivity (Wildman–Crippen MR) is 67.8 cm³/mol. The summed E-state index contributed by atoms with van der Waals surface area (Å²) in [5.41, 5.74) is 1.49. The summed E-state index contributed by atoms with van der Waals surface area (Å²) in [7, 11) is 0. The molecule has 0 aliphatic rings. The van der Waals surface area contributed by atoms with Gasteiger partial charge >= 0.3 is 0 Å². The molecule has 2 N–H and O–H groups in total. The first kappa shape index (κ1) is 12.7. The molecule has 0 atom stereocenters. The minimum atomic E-state index is 0.552. The number of anilines is 1. The molecule has 86 valence electrons. The van der Waals surface area contributed by atoms with Crippen LogP contribution in [0, 0.1) is 11.3 Å². The number of thiol groups is 1. The molecule has 1 rings (SSSR count). The zero-order valence-corrected chi connectivity index (χ0v) is 10.1. The van der Waals surface area contributed by atoms with Gasteiger partial charge in [0, 0.05) is 24.8 Å². The highest BCUT2D eigenvalue weighted by Crippen LogP contribution is 2.22. The molecule has 0 aliphatic heterocycles. The number of nitrogens with zero attached hydrogens (tertiary/aromatic N) is 1. The highest BCUT2D eigenvalue weighted by atomic mass is 32.1. The van der Waals surface area contributed by atoms with E-state index >= 15 is 0 Å². The van der Waals surface area contributed by atoms with Crippen molar-refractivity contribution in [3.05, 3.63) is 23.8 Å². The van der Waals surface area contributed by atoms with Crippen molar-refractivity contribution in [1.29, 1.82) is 5.26 Å². The van der Waals surface area contributed by atoms with Crippen molar-refractivity contribution in [2.75, 3.05) is 25.0 Å². The first-order valence-electron chi connectivity index (χ1n) is 5.09.